The van der Waals surface area contributed by atoms with E-state index in [9.17, 15) is 19.2 Å². The second-order valence-corrected chi connectivity index (χ2v) is 11.4. The first-order valence-electron chi connectivity index (χ1n) is 12.7. The normalized spacial score (nSPS) is 27.8. The van der Waals surface area contributed by atoms with Crippen molar-refractivity contribution in [2.75, 3.05) is 16.8 Å². The molecule has 0 unspecified atom stereocenters. The molecule has 2 fully saturated rings. The highest BCUT2D eigenvalue weighted by atomic mass is 32.1. The first kappa shape index (κ1) is 23.2. The van der Waals surface area contributed by atoms with Gasteiger partial charge in [0.25, 0.3) is 5.91 Å². The van der Waals surface area contributed by atoms with E-state index in [0.29, 0.717) is 27.7 Å². The molecule has 7 nitrogen and oxygen atoms in total. The number of imide groups is 1. The third-order valence-corrected chi connectivity index (χ3v) is 9.28. The minimum atomic E-state index is -0.408. The van der Waals surface area contributed by atoms with Crippen molar-refractivity contribution in [1.82, 2.24) is 0 Å². The number of nitrogens with one attached hydrogen (secondary N) is 1. The van der Waals surface area contributed by atoms with Crippen LogP contribution in [0, 0.1) is 29.6 Å². The maximum absolute atomic E-state index is 13.1. The second kappa shape index (κ2) is 8.69. The fraction of sp³-hybridized carbons (Fsp3) is 0.429. The predicted molar refractivity (Wildman–Crippen MR) is 136 cm³/mol. The number of amides is 3. The summed E-state index contributed by atoms with van der Waals surface area (Å²) in [6.45, 7) is 4.20. The van der Waals surface area contributed by atoms with Gasteiger partial charge in [0, 0.05) is 10.4 Å². The van der Waals surface area contributed by atoms with Crippen LogP contribution in [0.2, 0.25) is 0 Å². The van der Waals surface area contributed by atoms with Gasteiger partial charge in [-0.1, -0.05) is 19.1 Å². The lowest BCUT2D eigenvalue weighted by Crippen LogP contribution is -2.32. The zero-order valence-electron chi connectivity index (χ0n) is 20.3. The molecule has 1 saturated heterocycles. The molecule has 3 amide bonds. The van der Waals surface area contributed by atoms with Crippen molar-refractivity contribution in [1.29, 1.82) is 0 Å². The number of aryl methyl sites for hydroxylation is 1. The number of anilines is 2. The molecule has 3 aliphatic carbocycles. The van der Waals surface area contributed by atoms with E-state index >= 15 is 0 Å². The number of allylic oxidation sites excluding steroid dienone is 2. The van der Waals surface area contributed by atoms with E-state index < -0.39 is 5.97 Å². The Labute approximate surface area is 213 Å². The van der Waals surface area contributed by atoms with Crippen LogP contribution < -0.4 is 10.2 Å². The summed E-state index contributed by atoms with van der Waals surface area (Å²) in [4.78, 5) is 54.5. The number of fused-ring (bicyclic) bond motifs is 6. The van der Waals surface area contributed by atoms with Crippen LogP contribution in [0.25, 0.3) is 0 Å². The Morgan fingerprint density at radius 1 is 1.08 bits per heavy atom. The highest BCUT2D eigenvalue weighted by Crippen LogP contribution is 2.53. The van der Waals surface area contributed by atoms with E-state index in [1.165, 1.54) is 16.2 Å². The maximum Gasteiger partial charge on any atom is 0.341 e. The first-order chi connectivity index (χ1) is 17.4. The number of carbonyl (C=O) groups excluding carboxylic acids is 4. The van der Waals surface area contributed by atoms with Crippen molar-refractivity contribution in [3.63, 3.8) is 0 Å². The quantitative estimate of drug-likeness (QED) is 0.365. The van der Waals surface area contributed by atoms with Gasteiger partial charge in [0.2, 0.25) is 11.8 Å². The van der Waals surface area contributed by atoms with Gasteiger partial charge >= 0.3 is 5.97 Å². The Bertz CT molecular complexity index is 1280. The molecule has 1 N–H and O–H groups in total. The smallest absolute Gasteiger partial charge is 0.341 e. The summed E-state index contributed by atoms with van der Waals surface area (Å²) in [5, 5.41) is 3.44. The zero-order chi connectivity index (χ0) is 25.1. The summed E-state index contributed by atoms with van der Waals surface area (Å²) in [7, 11) is 0. The molecule has 1 aromatic carbocycles. The van der Waals surface area contributed by atoms with Gasteiger partial charge in [-0.15, -0.1) is 11.3 Å². The molecule has 0 spiro atoms. The number of nitrogens with zero attached hydrogens (tertiary/aromatic N) is 1. The van der Waals surface area contributed by atoms with Crippen molar-refractivity contribution < 1.29 is 23.9 Å². The Kier molecular flexibility index (Phi) is 5.59. The Morgan fingerprint density at radius 2 is 1.75 bits per heavy atom. The fourth-order valence-corrected chi connectivity index (χ4v) is 7.59. The summed E-state index contributed by atoms with van der Waals surface area (Å²) in [6.07, 6.45) is 7.76. The van der Waals surface area contributed by atoms with Crippen LogP contribution in [-0.2, 0) is 27.2 Å². The molecule has 1 aliphatic heterocycles. The summed E-state index contributed by atoms with van der Waals surface area (Å²) in [5.74, 6) is -0.786. The number of thiophene rings is 1. The average Bonchev–Trinajstić information content (AvgIpc) is 3.61. The molecule has 2 heterocycles. The number of carbonyl (C=O) groups is 4. The summed E-state index contributed by atoms with van der Waals surface area (Å²) in [5.41, 5.74) is 2.33. The van der Waals surface area contributed by atoms with Gasteiger partial charge in [0.05, 0.1) is 29.7 Å². The minimum Gasteiger partial charge on any atom is -0.462 e. The molecule has 36 heavy (non-hydrogen) atoms. The molecular formula is C28H28N2O5S. The van der Waals surface area contributed by atoms with Crippen molar-refractivity contribution in [3.8, 4) is 0 Å². The van der Waals surface area contributed by atoms with Crippen molar-refractivity contribution in [2.24, 2.45) is 29.6 Å². The Morgan fingerprint density at radius 3 is 2.39 bits per heavy atom. The highest BCUT2D eigenvalue weighted by Gasteiger charge is 2.59. The summed E-state index contributed by atoms with van der Waals surface area (Å²) >= 11 is 1.44. The average molecular weight is 505 g/mol. The Hall–Kier alpha value is -3.26. The Balaban J connectivity index is 1.22. The van der Waals surface area contributed by atoms with Gasteiger partial charge in [0.1, 0.15) is 5.00 Å². The molecule has 186 valence electrons. The molecule has 2 aromatic rings. The lowest BCUT2D eigenvalue weighted by Gasteiger charge is -2.18. The van der Waals surface area contributed by atoms with Crippen molar-refractivity contribution in [3.05, 3.63) is 58.0 Å². The van der Waals surface area contributed by atoms with Crippen LogP contribution in [-0.4, -0.2) is 30.3 Å². The number of esters is 1. The van der Waals surface area contributed by atoms with Gasteiger partial charge in [-0.3, -0.25) is 19.3 Å². The number of hydrogen-bond acceptors (Lipinski definition) is 6. The van der Waals surface area contributed by atoms with Crippen LogP contribution in [0.3, 0.4) is 0 Å². The van der Waals surface area contributed by atoms with Crippen LogP contribution in [0.15, 0.2) is 36.4 Å². The van der Waals surface area contributed by atoms with Gasteiger partial charge in [0.15, 0.2) is 0 Å². The van der Waals surface area contributed by atoms with Crippen LogP contribution in [0.1, 0.15) is 57.8 Å². The van der Waals surface area contributed by atoms with Gasteiger partial charge in [-0.25, -0.2) is 4.79 Å². The van der Waals surface area contributed by atoms with Crippen molar-refractivity contribution in [2.45, 2.75) is 39.5 Å². The summed E-state index contributed by atoms with van der Waals surface area (Å²) in [6, 6.07) is 6.53. The van der Waals surface area contributed by atoms with E-state index in [0.717, 1.165) is 36.1 Å². The number of ether oxygens (including phenoxy) is 1. The predicted octanol–water partition coefficient (Wildman–Crippen LogP) is 4.61. The molecule has 1 saturated carbocycles. The van der Waals surface area contributed by atoms with Crippen LogP contribution >= 0.6 is 11.3 Å². The van der Waals surface area contributed by atoms with Crippen LogP contribution in [0.5, 0.6) is 0 Å². The summed E-state index contributed by atoms with van der Waals surface area (Å²) < 4.78 is 5.30. The highest BCUT2D eigenvalue weighted by molar-refractivity contribution is 7.17. The van der Waals surface area contributed by atoms with Gasteiger partial charge in [-0.2, -0.15) is 0 Å². The van der Waals surface area contributed by atoms with E-state index in [4.69, 9.17) is 4.74 Å². The van der Waals surface area contributed by atoms with E-state index in [-0.39, 0.29) is 48.0 Å². The molecule has 1 aromatic heterocycles. The largest absolute Gasteiger partial charge is 0.462 e. The topological polar surface area (TPSA) is 92.8 Å². The lowest BCUT2D eigenvalue weighted by molar-refractivity contribution is -0.123. The number of benzene rings is 1. The third kappa shape index (κ3) is 3.53. The molecular weight excluding hydrogens is 476 g/mol. The maximum atomic E-state index is 13.1. The molecule has 2 bridgehead atoms. The minimum absolute atomic E-state index is 0.142. The lowest BCUT2D eigenvalue weighted by atomic mass is 9.85. The SMILES string of the molecule is CCOC(=O)c1c(NC(=O)c2ccc(N3C(=O)[C@H]4[C@H](C3=O)[C@H]3C=C[C@H]4C3)cc2)sc2c1C[C@H](C)CC2. The van der Waals surface area contributed by atoms with Crippen molar-refractivity contribution >= 4 is 45.7 Å². The molecule has 8 heteroatoms. The second-order valence-electron chi connectivity index (χ2n) is 10.3. The zero-order valence-corrected chi connectivity index (χ0v) is 21.1. The van der Waals surface area contributed by atoms with Gasteiger partial charge < -0.3 is 10.1 Å². The number of rotatable bonds is 5. The van der Waals surface area contributed by atoms with Gasteiger partial charge in [-0.05, 0) is 80.2 Å². The molecule has 5 atom stereocenters. The molecule has 4 aliphatic rings. The van der Waals surface area contributed by atoms with E-state index in [1.54, 1.807) is 31.2 Å². The van der Waals surface area contributed by atoms with Crippen LogP contribution in [0.4, 0.5) is 10.7 Å². The molecule has 6 rings (SSSR count). The monoisotopic (exact) mass is 504 g/mol. The number of hydrogen-bond donors (Lipinski definition) is 1. The standard InChI is InChI=1S/C28H28N2O5S/c1-3-35-28(34)23-19-12-14(2)4-11-20(19)36-25(23)29-24(31)15-7-9-18(10-8-15)30-26(32)21-16-5-6-17(13-16)22(21)27(30)33/h5-10,14,16-17,21-22H,3-4,11-13H2,1-2H3,(H,29,31)/t14-,16+,17+,21-,22-/m1/s1. The van der Waals surface area contributed by atoms with E-state index in [1.807, 2.05) is 0 Å². The molecule has 0 radical (unpaired) electrons. The third-order valence-electron chi connectivity index (χ3n) is 8.07. The first-order valence-corrected chi connectivity index (χ1v) is 13.5. The fourth-order valence-electron chi connectivity index (χ4n) is 6.36. The van der Waals surface area contributed by atoms with E-state index in [2.05, 4.69) is 24.4 Å².